The lowest BCUT2D eigenvalue weighted by Crippen LogP contribution is -2.40. The highest BCUT2D eigenvalue weighted by molar-refractivity contribution is 8.26. The fourth-order valence-corrected chi connectivity index (χ4v) is 6.01. The maximum Gasteiger partial charge on any atom is 0.267 e. The zero-order valence-electron chi connectivity index (χ0n) is 19.4. The smallest absolute Gasteiger partial charge is 0.267 e. The molecule has 2 aliphatic heterocycles. The van der Waals surface area contributed by atoms with Crippen LogP contribution in [0.1, 0.15) is 37.2 Å². The Kier molecular flexibility index (Phi) is 6.07. The summed E-state index contributed by atoms with van der Waals surface area (Å²) in [5.74, 6) is 2.02. The minimum absolute atomic E-state index is 0.189. The maximum atomic E-state index is 13.7. The van der Waals surface area contributed by atoms with Crippen molar-refractivity contribution in [3.05, 3.63) is 68.9 Å². The van der Waals surface area contributed by atoms with Crippen molar-refractivity contribution in [3.8, 4) is 0 Å². The molecule has 0 radical (unpaired) electrons. The Hall–Kier alpha value is -2.91. The number of hydrogen-bond donors (Lipinski definition) is 0. The van der Waals surface area contributed by atoms with Gasteiger partial charge in [0.2, 0.25) is 0 Å². The van der Waals surface area contributed by atoms with Gasteiger partial charge in [0.05, 0.1) is 23.3 Å². The molecule has 1 amide bonds. The topological polar surface area (TPSA) is 71.1 Å². The van der Waals surface area contributed by atoms with Gasteiger partial charge in [-0.25, -0.2) is 4.98 Å². The number of rotatable bonds is 4. The molecule has 176 valence electrons. The molecule has 3 aromatic heterocycles. The molecule has 34 heavy (non-hydrogen) atoms. The predicted octanol–water partition coefficient (Wildman–Crippen LogP) is 4.48. The van der Waals surface area contributed by atoms with E-state index in [1.54, 1.807) is 35.1 Å². The van der Waals surface area contributed by atoms with Gasteiger partial charge in [-0.3, -0.25) is 18.9 Å². The minimum atomic E-state index is -0.230. The van der Waals surface area contributed by atoms with Gasteiger partial charge in [-0.1, -0.05) is 43.9 Å². The first-order valence-corrected chi connectivity index (χ1v) is 12.6. The van der Waals surface area contributed by atoms with E-state index >= 15 is 0 Å². The first-order chi connectivity index (χ1) is 16.3. The Morgan fingerprint density at radius 2 is 1.97 bits per heavy atom. The van der Waals surface area contributed by atoms with Gasteiger partial charge in [-0.15, -0.1) is 0 Å². The van der Waals surface area contributed by atoms with E-state index in [4.69, 9.17) is 21.6 Å². The maximum absolute atomic E-state index is 13.7. The molecular weight excluding hydrogens is 468 g/mol. The molecule has 2 fully saturated rings. The SMILES string of the molecule is Cc1ccc2nc(N3C[C@H](C)C[C@H](C)C3)c(/C=C3\SC(=S)N(Cc4ccco4)C3=O)c(=O)n2c1. The third-order valence-electron chi connectivity index (χ3n) is 6.20. The lowest BCUT2D eigenvalue weighted by Gasteiger charge is -2.36. The number of furan rings is 1. The highest BCUT2D eigenvalue weighted by atomic mass is 32.2. The molecule has 5 rings (SSSR count). The third kappa shape index (κ3) is 4.30. The van der Waals surface area contributed by atoms with Crippen molar-refractivity contribution in [1.29, 1.82) is 0 Å². The number of anilines is 1. The van der Waals surface area contributed by atoms with Crippen molar-refractivity contribution in [2.45, 2.75) is 33.7 Å². The van der Waals surface area contributed by atoms with E-state index in [1.807, 2.05) is 19.1 Å². The predicted molar refractivity (Wildman–Crippen MR) is 139 cm³/mol. The summed E-state index contributed by atoms with van der Waals surface area (Å²) in [6.45, 7) is 8.28. The van der Waals surface area contributed by atoms with Crippen LogP contribution in [-0.2, 0) is 11.3 Å². The van der Waals surface area contributed by atoms with Crippen LogP contribution in [0, 0.1) is 18.8 Å². The van der Waals surface area contributed by atoms with Crippen LogP contribution in [0.5, 0.6) is 0 Å². The zero-order valence-corrected chi connectivity index (χ0v) is 21.0. The monoisotopic (exact) mass is 494 g/mol. The van der Waals surface area contributed by atoms with Gasteiger partial charge in [-0.2, -0.15) is 0 Å². The summed E-state index contributed by atoms with van der Waals surface area (Å²) in [5.41, 5.74) is 1.79. The van der Waals surface area contributed by atoms with Crippen LogP contribution in [0.25, 0.3) is 11.7 Å². The van der Waals surface area contributed by atoms with Crippen LogP contribution in [0.2, 0.25) is 0 Å². The molecule has 0 N–H and O–H groups in total. The minimum Gasteiger partial charge on any atom is -0.467 e. The Morgan fingerprint density at radius 3 is 2.68 bits per heavy atom. The van der Waals surface area contributed by atoms with E-state index in [0.717, 1.165) is 25.1 Å². The Bertz CT molecular complexity index is 1350. The fraction of sp³-hybridized carbons (Fsp3) is 0.360. The molecule has 7 nitrogen and oxygen atoms in total. The number of aromatic nitrogens is 2. The Morgan fingerprint density at radius 1 is 1.21 bits per heavy atom. The summed E-state index contributed by atoms with van der Waals surface area (Å²) in [4.78, 5) is 35.9. The molecule has 0 spiro atoms. The molecule has 9 heteroatoms. The average Bonchev–Trinajstić information content (AvgIpc) is 3.39. The molecule has 5 heterocycles. The van der Waals surface area contributed by atoms with Gasteiger partial charge in [0.15, 0.2) is 0 Å². The van der Waals surface area contributed by atoms with Crippen LogP contribution in [0.4, 0.5) is 5.82 Å². The van der Waals surface area contributed by atoms with E-state index in [0.29, 0.717) is 43.9 Å². The number of carbonyl (C=O) groups excluding carboxylic acids is 1. The van der Waals surface area contributed by atoms with Gasteiger partial charge in [-0.05, 0) is 55.0 Å². The number of carbonyl (C=O) groups is 1. The molecule has 0 aromatic carbocycles. The summed E-state index contributed by atoms with van der Waals surface area (Å²) >= 11 is 6.68. The molecule has 0 aliphatic carbocycles. The van der Waals surface area contributed by atoms with E-state index in [9.17, 15) is 9.59 Å². The van der Waals surface area contributed by atoms with Crippen LogP contribution in [0.15, 0.2) is 50.8 Å². The first-order valence-electron chi connectivity index (χ1n) is 11.4. The quantitative estimate of drug-likeness (QED) is 0.391. The van der Waals surface area contributed by atoms with Gasteiger partial charge < -0.3 is 9.32 Å². The molecule has 0 saturated carbocycles. The molecule has 3 aromatic rings. The Labute approximate surface area is 207 Å². The largest absolute Gasteiger partial charge is 0.467 e. The zero-order chi connectivity index (χ0) is 24.0. The highest BCUT2D eigenvalue weighted by Gasteiger charge is 2.34. The van der Waals surface area contributed by atoms with Crippen molar-refractivity contribution in [3.63, 3.8) is 0 Å². The number of thioether (sulfide) groups is 1. The number of fused-ring (bicyclic) bond motifs is 1. The number of amides is 1. The second-order valence-corrected chi connectivity index (χ2v) is 11.0. The first kappa shape index (κ1) is 22.9. The standard InChI is InChI=1S/C25H26N4O3S2/c1-15-6-7-21-26-22(27-11-16(2)9-17(3)12-27)19(23(30)28(21)13-15)10-20-24(31)29(25(33)34-20)14-18-5-4-8-32-18/h4-8,10,13,16-17H,9,11-12,14H2,1-3H3/b20-10-/t16-,17+. The van der Waals surface area contributed by atoms with E-state index < -0.39 is 0 Å². The van der Waals surface area contributed by atoms with Crippen molar-refractivity contribution in [2.24, 2.45) is 11.8 Å². The molecular formula is C25H26N4O3S2. The molecule has 2 atom stereocenters. The number of nitrogens with zero attached hydrogens (tertiary/aromatic N) is 4. The van der Waals surface area contributed by atoms with Crippen LogP contribution < -0.4 is 10.5 Å². The summed E-state index contributed by atoms with van der Waals surface area (Å²) in [7, 11) is 0. The highest BCUT2D eigenvalue weighted by Crippen LogP contribution is 2.35. The van der Waals surface area contributed by atoms with E-state index in [2.05, 4.69) is 18.7 Å². The van der Waals surface area contributed by atoms with Crippen LogP contribution in [-0.4, -0.2) is 37.6 Å². The number of piperidine rings is 1. The summed E-state index contributed by atoms with van der Waals surface area (Å²) in [5, 5.41) is 0. The average molecular weight is 495 g/mol. The number of aryl methyl sites for hydroxylation is 1. The lowest BCUT2D eigenvalue weighted by atomic mass is 9.91. The summed E-state index contributed by atoms with van der Waals surface area (Å²) in [6, 6.07) is 7.40. The van der Waals surface area contributed by atoms with E-state index in [1.165, 1.54) is 16.7 Å². The number of hydrogen-bond acceptors (Lipinski definition) is 7. The van der Waals surface area contributed by atoms with Gasteiger partial charge in [0.1, 0.15) is 21.5 Å². The van der Waals surface area contributed by atoms with Crippen LogP contribution >= 0.6 is 24.0 Å². The Balaban J connectivity index is 1.61. The van der Waals surface area contributed by atoms with Crippen molar-refractivity contribution in [1.82, 2.24) is 14.3 Å². The second-order valence-electron chi connectivity index (χ2n) is 9.29. The van der Waals surface area contributed by atoms with E-state index in [-0.39, 0.29) is 18.0 Å². The van der Waals surface area contributed by atoms with Crippen LogP contribution in [0.3, 0.4) is 0 Å². The third-order valence-corrected chi connectivity index (χ3v) is 7.57. The molecule has 2 saturated heterocycles. The normalized spacial score (nSPS) is 22.4. The summed E-state index contributed by atoms with van der Waals surface area (Å²) in [6.07, 6.45) is 6.17. The molecule has 0 bridgehead atoms. The van der Waals surface area contributed by atoms with Gasteiger partial charge >= 0.3 is 0 Å². The van der Waals surface area contributed by atoms with Gasteiger partial charge in [0, 0.05) is 19.3 Å². The second kappa shape index (κ2) is 9.03. The fourth-order valence-electron chi connectivity index (χ4n) is 4.78. The van der Waals surface area contributed by atoms with Crippen molar-refractivity contribution >= 4 is 51.7 Å². The molecule has 0 unspecified atom stereocenters. The van der Waals surface area contributed by atoms with Crippen molar-refractivity contribution < 1.29 is 9.21 Å². The number of thiocarbonyl (C=S) groups is 1. The summed E-state index contributed by atoms with van der Waals surface area (Å²) < 4.78 is 7.39. The lowest BCUT2D eigenvalue weighted by molar-refractivity contribution is -0.122. The van der Waals surface area contributed by atoms with Crippen molar-refractivity contribution in [2.75, 3.05) is 18.0 Å². The van der Waals surface area contributed by atoms with Gasteiger partial charge in [0.25, 0.3) is 11.5 Å². The molecule has 2 aliphatic rings. The number of pyridine rings is 1.